The minimum atomic E-state index is 0.101. The predicted octanol–water partition coefficient (Wildman–Crippen LogP) is 3.64. The van der Waals surface area contributed by atoms with Crippen molar-refractivity contribution in [2.75, 3.05) is 6.61 Å². The molecule has 1 fully saturated rings. The van der Waals surface area contributed by atoms with Gasteiger partial charge in [0.05, 0.1) is 11.6 Å². The molecule has 4 heteroatoms. The summed E-state index contributed by atoms with van der Waals surface area (Å²) in [6.07, 6.45) is 7.83. The fourth-order valence-corrected chi connectivity index (χ4v) is 3.36. The monoisotopic (exact) mass is 319 g/mol. The van der Waals surface area contributed by atoms with E-state index < -0.39 is 0 Å². The fraction of sp³-hybridized carbons (Fsp3) is 0.300. The van der Waals surface area contributed by atoms with Crippen molar-refractivity contribution in [3.63, 3.8) is 0 Å². The number of aromatic nitrogens is 2. The molecule has 1 aliphatic heterocycles. The Labute approximate surface area is 141 Å². The molecule has 0 amide bonds. The highest BCUT2D eigenvalue weighted by Gasteiger charge is 2.26. The first-order valence-corrected chi connectivity index (χ1v) is 8.49. The molecule has 3 aromatic rings. The van der Waals surface area contributed by atoms with Crippen molar-refractivity contribution in [2.45, 2.75) is 31.5 Å². The number of ether oxygens (including phenoxy) is 1. The van der Waals surface area contributed by atoms with Crippen LogP contribution in [0.2, 0.25) is 0 Å². The third kappa shape index (κ3) is 3.30. The second-order valence-corrected chi connectivity index (χ2v) is 6.23. The van der Waals surface area contributed by atoms with Crippen molar-refractivity contribution < 1.29 is 4.74 Å². The molecule has 1 saturated heterocycles. The van der Waals surface area contributed by atoms with Crippen LogP contribution in [-0.2, 0) is 11.3 Å². The van der Waals surface area contributed by atoms with Crippen LogP contribution in [0.5, 0.6) is 0 Å². The third-order valence-electron chi connectivity index (χ3n) is 4.59. The van der Waals surface area contributed by atoms with Gasteiger partial charge in [-0.3, -0.25) is 9.97 Å². The number of pyridine rings is 2. The second-order valence-electron chi connectivity index (χ2n) is 6.23. The summed E-state index contributed by atoms with van der Waals surface area (Å²) < 4.78 is 6.04. The van der Waals surface area contributed by atoms with E-state index in [1.807, 2.05) is 36.8 Å². The Bertz CT molecular complexity index is 806. The van der Waals surface area contributed by atoms with E-state index in [2.05, 4.69) is 39.6 Å². The molecule has 1 aliphatic rings. The summed E-state index contributed by atoms with van der Waals surface area (Å²) in [5.41, 5.74) is 3.51. The first-order chi connectivity index (χ1) is 11.9. The van der Waals surface area contributed by atoms with Gasteiger partial charge in [0.1, 0.15) is 0 Å². The Balaban J connectivity index is 1.48. The van der Waals surface area contributed by atoms with E-state index in [0.717, 1.165) is 31.5 Å². The van der Waals surface area contributed by atoms with Crippen molar-refractivity contribution in [1.82, 2.24) is 15.3 Å². The number of hydrogen-bond acceptors (Lipinski definition) is 4. The molecule has 24 heavy (non-hydrogen) atoms. The Kier molecular flexibility index (Phi) is 4.49. The van der Waals surface area contributed by atoms with E-state index in [1.54, 1.807) is 0 Å². The number of fused-ring (bicyclic) bond motifs is 1. The summed E-state index contributed by atoms with van der Waals surface area (Å²) in [5.74, 6) is 0. The highest BCUT2D eigenvalue weighted by atomic mass is 16.5. The quantitative estimate of drug-likeness (QED) is 0.797. The summed E-state index contributed by atoms with van der Waals surface area (Å²) in [5, 5.41) is 4.87. The summed E-state index contributed by atoms with van der Waals surface area (Å²) in [6.45, 7) is 1.66. The lowest BCUT2D eigenvalue weighted by Crippen LogP contribution is -2.39. The van der Waals surface area contributed by atoms with E-state index in [0.29, 0.717) is 6.04 Å². The lowest BCUT2D eigenvalue weighted by Gasteiger charge is -2.33. The highest BCUT2D eigenvalue weighted by molar-refractivity contribution is 5.78. The maximum absolute atomic E-state index is 6.04. The Morgan fingerprint density at radius 2 is 2.00 bits per heavy atom. The van der Waals surface area contributed by atoms with Crippen LogP contribution in [0, 0.1) is 0 Å². The second kappa shape index (κ2) is 7.07. The number of benzene rings is 1. The van der Waals surface area contributed by atoms with Gasteiger partial charge in [-0.15, -0.1) is 0 Å². The molecule has 2 atom stereocenters. The van der Waals surface area contributed by atoms with Crippen molar-refractivity contribution in [1.29, 1.82) is 0 Å². The summed E-state index contributed by atoms with van der Waals surface area (Å²) in [6, 6.07) is 14.9. The van der Waals surface area contributed by atoms with Gasteiger partial charge in [-0.2, -0.15) is 0 Å². The van der Waals surface area contributed by atoms with E-state index >= 15 is 0 Å². The minimum Gasteiger partial charge on any atom is -0.372 e. The van der Waals surface area contributed by atoms with Gasteiger partial charge in [0.25, 0.3) is 0 Å². The van der Waals surface area contributed by atoms with Crippen molar-refractivity contribution in [3.05, 3.63) is 72.2 Å². The van der Waals surface area contributed by atoms with Crippen LogP contribution in [0.1, 0.15) is 30.1 Å². The molecule has 4 nitrogen and oxygen atoms in total. The van der Waals surface area contributed by atoms with Gasteiger partial charge in [-0.1, -0.05) is 12.1 Å². The Hall–Kier alpha value is -2.30. The standard InChI is InChI=1S/C20H21N3O/c1-3-17-13-15(5-6-18(17)22-9-1)14-23-19-4-2-12-24-20(19)16-7-10-21-11-8-16/h1,3,5-11,13,19-20,23H,2,4,12,14H2/t19-,20+/m0/s1. The number of hydrogen-bond donors (Lipinski definition) is 1. The topological polar surface area (TPSA) is 47.0 Å². The zero-order chi connectivity index (χ0) is 16.2. The zero-order valence-corrected chi connectivity index (χ0v) is 13.6. The molecule has 3 heterocycles. The van der Waals surface area contributed by atoms with Gasteiger partial charge >= 0.3 is 0 Å². The van der Waals surface area contributed by atoms with Crippen LogP contribution in [-0.4, -0.2) is 22.6 Å². The van der Waals surface area contributed by atoms with Gasteiger partial charge in [-0.25, -0.2) is 0 Å². The maximum Gasteiger partial charge on any atom is 0.0978 e. The van der Waals surface area contributed by atoms with Gasteiger partial charge in [0, 0.05) is 43.2 Å². The normalized spacial score (nSPS) is 21.0. The van der Waals surface area contributed by atoms with E-state index in [1.165, 1.54) is 16.5 Å². The number of nitrogens with zero attached hydrogens (tertiary/aromatic N) is 2. The first kappa shape index (κ1) is 15.2. The molecule has 4 rings (SSSR count). The highest BCUT2D eigenvalue weighted by Crippen LogP contribution is 2.28. The van der Waals surface area contributed by atoms with Crippen LogP contribution in [0.15, 0.2) is 61.1 Å². The van der Waals surface area contributed by atoms with Gasteiger partial charge < -0.3 is 10.1 Å². The Morgan fingerprint density at radius 1 is 1.08 bits per heavy atom. The molecule has 1 N–H and O–H groups in total. The average Bonchev–Trinajstić information content (AvgIpc) is 2.67. The van der Waals surface area contributed by atoms with Crippen molar-refractivity contribution >= 4 is 10.9 Å². The summed E-state index contributed by atoms with van der Waals surface area (Å²) >= 11 is 0. The first-order valence-electron chi connectivity index (χ1n) is 8.49. The lowest BCUT2D eigenvalue weighted by atomic mass is 9.96. The average molecular weight is 319 g/mol. The Morgan fingerprint density at radius 3 is 2.92 bits per heavy atom. The molecule has 0 unspecified atom stereocenters. The molecule has 0 saturated carbocycles. The maximum atomic E-state index is 6.04. The van der Waals surface area contributed by atoms with Crippen LogP contribution < -0.4 is 5.32 Å². The van der Waals surface area contributed by atoms with Crippen LogP contribution in [0.3, 0.4) is 0 Å². The van der Waals surface area contributed by atoms with Crippen LogP contribution in [0.25, 0.3) is 10.9 Å². The fourth-order valence-electron chi connectivity index (χ4n) is 3.36. The molecule has 0 radical (unpaired) electrons. The molecular formula is C20H21N3O. The van der Waals surface area contributed by atoms with Crippen LogP contribution >= 0.6 is 0 Å². The summed E-state index contributed by atoms with van der Waals surface area (Å²) in [7, 11) is 0. The smallest absolute Gasteiger partial charge is 0.0978 e. The number of nitrogens with one attached hydrogen (secondary N) is 1. The van der Waals surface area contributed by atoms with Gasteiger partial charge in [0.15, 0.2) is 0 Å². The summed E-state index contributed by atoms with van der Waals surface area (Å²) in [4.78, 5) is 8.48. The zero-order valence-electron chi connectivity index (χ0n) is 13.6. The van der Waals surface area contributed by atoms with E-state index in [9.17, 15) is 0 Å². The molecule has 2 aromatic heterocycles. The molecule has 0 bridgehead atoms. The molecule has 0 spiro atoms. The SMILES string of the molecule is c1cnc2ccc(CN[C@H]3CCCO[C@@H]3c3ccncc3)cc2c1. The largest absolute Gasteiger partial charge is 0.372 e. The molecule has 1 aromatic carbocycles. The third-order valence-corrected chi connectivity index (χ3v) is 4.59. The lowest BCUT2D eigenvalue weighted by molar-refractivity contribution is -0.0112. The molecule has 122 valence electrons. The van der Waals surface area contributed by atoms with Gasteiger partial charge in [0.2, 0.25) is 0 Å². The van der Waals surface area contributed by atoms with Crippen molar-refractivity contribution in [3.8, 4) is 0 Å². The number of rotatable bonds is 4. The molecule has 0 aliphatic carbocycles. The van der Waals surface area contributed by atoms with Crippen molar-refractivity contribution in [2.24, 2.45) is 0 Å². The van der Waals surface area contributed by atoms with E-state index in [4.69, 9.17) is 4.74 Å². The van der Waals surface area contributed by atoms with Crippen LogP contribution in [0.4, 0.5) is 0 Å². The predicted molar refractivity (Wildman–Crippen MR) is 94.5 cm³/mol. The van der Waals surface area contributed by atoms with Gasteiger partial charge in [-0.05, 0) is 54.3 Å². The molecular weight excluding hydrogens is 298 g/mol. The van der Waals surface area contributed by atoms with E-state index in [-0.39, 0.29) is 6.10 Å². The minimum absolute atomic E-state index is 0.101.